The Kier molecular flexibility index (Phi) is 5.73. The number of carbonyl (C=O) groups is 2. The van der Waals surface area contributed by atoms with Crippen LogP contribution in [0.5, 0.6) is 5.75 Å². The topological polar surface area (TPSA) is 70.7 Å². The third kappa shape index (κ3) is 4.33. The third-order valence-corrected chi connectivity index (χ3v) is 4.46. The van der Waals surface area contributed by atoms with E-state index in [0.717, 1.165) is 23.4 Å². The predicted octanol–water partition coefficient (Wildman–Crippen LogP) is 3.01. The van der Waals surface area contributed by atoms with E-state index < -0.39 is 6.04 Å². The van der Waals surface area contributed by atoms with Gasteiger partial charge in [0.15, 0.2) is 0 Å². The molecule has 1 fully saturated rings. The number of hydrogen-bond donors (Lipinski definition) is 2. The predicted molar refractivity (Wildman–Crippen MR) is 100 cm³/mol. The monoisotopic (exact) mass is 353 g/mol. The van der Waals surface area contributed by atoms with Crippen LogP contribution in [-0.4, -0.2) is 36.5 Å². The molecule has 1 atom stereocenters. The van der Waals surface area contributed by atoms with Crippen molar-refractivity contribution in [1.82, 2.24) is 10.2 Å². The Bertz CT molecular complexity index is 747. The molecule has 3 rings (SSSR count). The molecule has 1 aliphatic heterocycles. The lowest BCUT2D eigenvalue weighted by molar-refractivity contribution is -0.119. The van der Waals surface area contributed by atoms with Crippen molar-refractivity contribution in [2.24, 2.45) is 0 Å². The normalized spacial score (nSPS) is 16.2. The summed E-state index contributed by atoms with van der Waals surface area (Å²) in [6.45, 7) is 0.994. The van der Waals surface area contributed by atoms with Gasteiger partial charge in [-0.05, 0) is 42.7 Å². The molecule has 1 aliphatic rings. The molecule has 2 N–H and O–H groups in total. The highest BCUT2D eigenvalue weighted by atomic mass is 16.5. The van der Waals surface area contributed by atoms with Gasteiger partial charge in [0.25, 0.3) is 0 Å². The van der Waals surface area contributed by atoms with E-state index in [-0.39, 0.29) is 11.9 Å². The molecule has 2 aromatic rings. The first-order valence-corrected chi connectivity index (χ1v) is 8.70. The molecule has 3 amide bonds. The first kappa shape index (κ1) is 17.8. The quantitative estimate of drug-likeness (QED) is 0.868. The van der Waals surface area contributed by atoms with E-state index >= 15 is 0 Å². The van der Waals surface area contributed by atoms with Gasteiger partial charge in [-0.3, -0.25) is 4.79 Å². The van der Waals surface area contributed by atoms with E-state index in [2.05, 4.69) is 10.6 Å². The lowest BCUT2D eigenvalue weighted by Crippen LogP contribution is -2.47. The highest BCUT2D eigenvalue weighted by Crippen LogP contribution is 2.19. The van der Waals surface area contributed by atoms with Gasteiger partial charge in [-0.1, -0.05) is 30.3 Å². The van der Waals surface area contributed by atoms with Crippen molar-refractivity contribution in [2.45, 2.75) is 25.4 Å². The Labute approximate surface area is 153 Å². The summed E-state index contributed by atoms with van der Waals surface area (Å²) in [6.07, 6.45) is 1.50. The van der Waals surface area contributed by atoms with Gasteiger partial charge in [-0.15, -0.1) is 0 Å². The maximum atomic E-state index is 12.5. The highest BCUT2D eigenvalue weighted by molar-refractivity contribution is 5.97. The molecule has 1 heterocycles. The minimum atomic E-state index is -0.439. The molecule has 1 saturated heterocycles. The zero-order valence-electron chi connectivity index (χ0n) is 14.8. The van der Waals surface area contributed by atoms with E-state index in [0.29, 0.717) is 19.5 Å². The van der Waals surface area contributed by atoms with Gasteiger partial charge in [-0.2, -0.15) is 0 Å². The second-order valence-corrected chi connectivity index (χ2v) is 6.21. The number of nitrogens with one attached hydrogen (secondary N) is 2. The van der Waals surface area contributed by atoms with Gasteiger partial charge in [-0.25, -0.2) is 4.79 Å². The van der Waals surface area contributed by atoms with Crippen LogP contribution in [0.15, 0.2) is 54.6 Å². The number of methoxy groups -OCH3 is 1. The number of para-hydroxylation sites is 1. The summed E-state index contributed by atoms with van der Waals surface area (Å²) in [5, 5.41) is 5.77. The van der Waals surface area contributed by atoms with E-state index in [4.69, 9.17) is 4.74 Å². The Morgan fingerprint density at radius 1 is 1.12 bits per heavy atom. The average Bonchev–Trinajstić information content (AvgIpc) is 3.17. The van der Waals surface area contributed by atoms with Crippen LogP contribution in [-0.2, 0) is 11.3 Å². The fourth-order valence-electron chi connectivity index (χ4n) is 3.05. The Morgan fingerprint density at radius 2 is 1.85 bits per heavy atom. The molecule has 2 aromatic carbocycles. The van der Waals surface area contributed by atoms with E-state index in [9.17, 15) is 9.59 Å². The van der Waals surface area contributed by atoms with Crippen LogP contribution in [0.4, 0.5) is 10.5 Å². The van der Waals surface area contributed by atoms with E-state index in [1.807, 2.05) is 54.6 Å². The fourth-order valence-corrected chi connectivity index (χ4v) is 3.05. The molecular formula is C20H23N3O3. The molecule has 0 radical (unpaired) electrons. The molecule has 136 valence electrons. The van der Waals surface area contributed by atoms with Crippen LogP contribution >= 0.6 is 0 Å². The lowest BCUT2D eigenvalue weighted by Gasteiger charge is -2.24. The molecule has 26 heavy (non-hydrogen) atoms. The number of amides is 3. The smallest absolute Gasteiger partial charge is 0.318 e. The highest BCUT2D eigenvalue weighted by Gasteiger charge is 2.34. The van der Waals surface area contributed by atoms with Crippen molar-refractivity contribution >= 4 is 17.6 Å². The zero-order chi connectivity index (χ0) is 18.4. The average molecular weight is 353 g/mol. The second kappa shape index (κ2) is 8.38. The van der Waals surface area contributed by atoms with Gasteiger partial charge in [0.05, 0.1) is 7.11 Å². The molecular weight excluding hydrogens is 330 g/mol. The summed E-state index contributed by atoms with van der Waals surface area (Å²) in [6, 6.07) is 16.2. The minimum absolute atomic E-state index is 0.145. The third-order valence-electron chi connectivity index (χ3n) is 4.46. The molecule has 0 bridgehead atoms. The van der Waals surface area contributed by atoms with Crippen LogP contribution in [0.3, 0.4) is 0 Å². The number of likely N-dealkylation sites (tertiary alicyclic amines) is 1. The SMILES string of the molecule is COc1ccc(CNC(=O)N2CCCC2C(=O)Nc2ccccc2)cc1. The van der Waals surface area contributed by atoms with Gasteiger partial charge < -0.3 is 20.3 Å². The van der Waals surface area contributed by atoms with Crippen LogP contribution in [0.1, 0.15) is 18.4 Å². The number of ether oxygens (including phenoxy) is 1. The summed E-state index contributed by atoms with van der Waals surface area (Å²) < 4.78 is 5.13. The van der Waals surface area contributed by atoms with Crippen molar-refractivity contribution in [1.29, 1.82) is 0 Å². The summed E-state index contributed by atoms with van der Waals surface area (Å²) in [7, 11) is 1.62. The molecule has 0 spiro atoms. The number of benzene rings is 2. The van der Waals surface area contributed by atoms with Crippen LogP contribution in [0, 0.1) is 0 Å². The Hall–Kier alpha value is -3.02. The standard InChI is InChI=1S/C20H23N3O3/c1-26-17-11-9-15(10-12-17)14-21-20(25)23-13-5-8-18(23)19(24)22-16-6-3-2-4-7-16/h2-4,6-7,9-12,18H,5,8,13-14H2,1H3,(H,21,25)(H,22,24). The molecule has 0 aliphatic carbocycles. The number of carbonyl (C=O) groups excluding carboxylic acids is 2. The molecule has 6 heteroatoms. The minimum Gasteiger partial charge on any atom is -0.497 e. The number of hydrogen-bond acceptors (Lipinski definition) is 3. The number of rotatable bonds is 5. The summed E-state index contributed by atoms with van der Waals surface area (Å²) in [4.78, 5) is 26.7. The second-order valence-electron chi connectivity index (χ2n) is 6.21. The first-order chi connectivity index (χ1) is 12.7. The van der Waals surface area contributed by atoms with Gasteiger partial charge >= 0.3 is 6.03 Å². The fraction of sp³-hybridized carbons (Fsp3) is 0.300. The Morgan fingerprint density at radius 3 is 2.54 bits per heavy atom. The van der Waals surface area contributed by atoms with E-state index in [1.165, 1.54) is 0 Å². The van der Waals surface area contributed by atoms with Crippen molar-refractivity contribution in [3.8, 4) is 5.75 Å². The molecule has 0 aromatic heterocycles. The lowest BCUT2D eigenvalue weighted by atomic mass is 10.2. The van der Waals surface area contributed by atoms with E-state index in [1.54, 1.807) is 12.0 Å². The van der Waals surface area contributed by atoms with Crippen molar-refractivity contribution in [3.63, 3.8) is 0 Å². The first-order valence-electron chi connectivity index (χ1n) is 8.70. The maximum Gasteiger partial charge on any atom is 0.318 e. The number of anilines is 1. The number of urea groups is 1. The molecule has 0 saturated carbocycles. The van der Waals surface area contributed by atoms with Crippen LogP contribution < -0.4 is 15.4 Å². The number of nitrogens with zero attached hydrogens (tertiary/aromatic N) is 1. The van der Waals surface area contributed by atoms with Crippen molar-refractivity contribution < 1.29 is 14.3 Å². The van der Waals surface area contributed by atoms with Gasteiger partial charge in [0.2, 0.25) is 5.91 Å². The van der Waals surface area contributed by atoms with Gasteiger partial charge in [0, 0.05) is 18.8 Å². The van der Waals surface area contributed by atoms with Gasteiger partial charge in [0.1, 0.15) is 11.8 Å². The molecule has 1 unspecified atom stereocenters. The maximum absolute atomic E-state index is 12.5. The van der Waals surface area contributed by atoms with Crippen molar-refractivity contribution in [2.75, 3.05) is 19.0 Å². The largest absolute Gasteiger partial charge is 0.497 e. The van der Waals surface area contributed by atoms with Crippen molar-refractivity contribution in [3.05, 3.63) is 60.2 Å². The Balaban J connectivity index is 1.56. The summed E-state index contributed by atoms with van der Waals surface area (Å²) >= 11 is 0. The zero-order valence-corrected chi connectivity index (χ0v) is 14.8. The van der Waals surface area contributed by atoms with Crippen LogP contribution in [0.2, 0.25) is 0 Å². The summed E-state index contributed by atoms with van der Waals surface area (Å²) in [5.41, 5.74) is 1.71. The molecule has 6 nitrogen and oxygen atoms in total. The summed E-state index contributed by atoms with van der Waals surface area (Å²) in [5.74, 6) is 0.630. The van der Waals surface area contributed by atoms with Crippen LogP contribution in [0.25, 0.3) is 0 Å².